The van der Waals surface area contributed by atoms with Crippen LogP contribution in [-0.2, 0) is 0 Å². The third kappa shape index (κ3) is 3.42. The number of aliphatic hydroxyl groups is 1. The summed E-state index contributed by atoms with van der Waals surface area (Å²) in [5.74, 6) is 2.95. The second-order valence-electron chi connectivity index (χ2n) is 11.4. The van der Waals surface area contributed by atoms with Gasteiger partial charge in [-0.05, 0) is 97.6 Å². The van der Waals surface area contributed by atoms with E-state index in [1.54, 1.807) is 0 Å². The Morgan fingerprint density at radius 3 is 2.71 bits per heavy atom. The fourth-order valence-electron chi connectivity index (χ4n) is 7.83. The molecule has 1 nitrogen and oxygen atoms in total. The molecule has 0 spiro atoms. The van der Waals surface area contributed by atoms with E-state index < -0.39 is 24.2 Å². The van der Waals surface area contributed by atoms with E-state index in [0.29, 0.717) is 24.2 Å². The van der Waals surface area contributed by atoms with Crippen LogP contribution in [0.25, 0.3) is 0 Å². The molecule has 3 saturated carbocycles. The third-order valence-electron chi connectivity index (χ3n) is 9.41. The van der Waals surface area contributed by atoms with Crippen LogP contribution in [0.15, 0.2) is 11.6 Å². The van der Waals surface area contributed by atoms with Crippen molar-refractivity contribution in [3.05, 3.63) is 11.6 Å². The smallest absolute Gasteiger partial charge is 0.0604 e. The maximum atomic E-state index is 10.7. The lowest BCUT2D eigenvalue weighted by Crippen LogP contribution is -2.50. The Balaban J connectivity index is 1.65. The fourth-order valence-corrected chi connectivity index (χ4v) is 7.83. The van der Waals surface area contributed by atoms with Gasteiger partial charge in [0.15, 0.2) is 0 Å². The number of hydrogen-bond acceptors (Lipinski definition) is 1. The van der Waals surface area contributed by atoms with Gasteiger partial charge in [-0.2, -0.15) is 0 Å². The van der Waals surface area contributed by atoms with Crippen molar-refractivity contribution in [2.45, 2.75) is 111 Å². The topological polar surface area (TPSA) is 20.2 Å². The lowest BCUT2D eigenvalue weighted by atomic mass is 9.47. The fraction of sp³-hybridized carbons (Fsp3) is 0.926. The molecular formula is C27H46O. The number of fused-ring (bicyclic) bond motifs is 5. The summed E-state index contributed by atoms with van der Waals surface area (Å²) >= 11 is 0. The summed E-state index contributed by atoms with van der Waals surface area (Å²) in [7, 11) is 0. The monoisotopic (exact) mass is 392 g/mol. The Bertz CT molecular complexity index is 835. The predicted molar refractivity (Wildman–Crippen MR) is 119 cm³/mol. The quantitative estimate of drug-likeness (QED) is 0.484. The van der Waals surface area contributed by atoms with Gasteiger partial charge >= 0.3 is 0 Å². The Morgan fingerprint density at radius 2 is 1.96 bits per heavy atom. The first-order valence-corrected chi connectivity index (χ1v) is 11.9. The van der Waals surface area contributed by atoms with E-state index in [2.05, 4.69) is 27.7 Å². The van der Waals surface area contributed by atoms with Crippen LogP contribution >= 0.6 is 0 Å². The van der Waals surface area contributed by atoms with Gasteiger partial charge in [-0.1, -0.05) is 65.5 Å². The van der Waals surface area contributed by atoms with E-state index in [9.17, 15) is 5.11 Å². The normalized spacial score (nSPS) is 56.2. The van der Waals surface area contributed by atoms with E-state index in [1.807, 2.05) is 6.92 Å². The van der Waals surface area contributed by atoms with Crippen molar-refractivity contribution >= 4 is 0 Å². The van der Waals surface area contributed by atoms with Crippen molar-refractivity contribution in [3.63, 3.8) is 0 Å². The molecule has 0 unspecified atom stereocenters. The van der Waals surface area contributed by atoms with Crippen molar-refractivity contribution in [1.82, 2.24) is 0 Å². The highest BCUT2D eigenvalue weighted by Crippen LogP contribution is 2.67. The summed E-state index contributed by atoms with van der Waals surface area (Å²) in [5, 5.41) is 10.7. The standard InChI is InChI=1S/C27H46O/c1-18(2)7-6-8-19(3)23-11-12-24-22-10-9-20-17-21(28)13-15-26(20,4)25(22)14-16-27(23,24)5/h9,18-19,21-25,28H,6-8,10-17H2,1-5H3/t19-,21+,22+,23-,24+,25+,26+,27-/m1/s1/i9D,13D2,17D2,21D. The highest BCUT2D eigenvalue weighted by atomic mass is 16.3. The first kappa shape index (κ1) is 14.7. The zero-order valence-corrected chi connectivity index (χ0v) is 18.8. The van der Waals surface area contributed by atoms with Gasteiger partial charge in [0, 0.05) is 5.48 Å². The van der Waals surface area contributed by atoms with E-state index in [4.69, 9.17) is 8.22 Å². The molecule has 4 aliphatic rings. The van der Waals surface area contributed by atoms with E-state index in [-0.39, 0.29) is 35.3 Å². The number of allylic oxidation sites excluding steroid dienone is 1. The molecule has 0 heterocycles. The summed E-state index contributed by atoms with van der Waals surface area (Å²) in [6.45, 7) is 11.4. The summed E-state index contributed by atoms with van der Waals surface area (Å²) in [5.41, 5.74) is -0.396. The van der Waals surface area contributed by atoms with Crippen LogP contribution in [-0.4, -0.2) is 11.2 Å². The zero-order chi connectivity index (χ0) is 25.5. The predicted octanol–water partition coefficient (Wildman–Crippen LogP) is 7.39. The molecule has 0 aromatic carbocycles. The molecular weight excluding hydrogens is 340 g/mol. The Labute approximate surface area is 183 Å². The first-order chi connectivity index (χ1) is 15.5. The molecule has 0 radical (unpaired) electrons. The summed E-state index contributed by atoms with van der Waals surface area (Å²) in [6, 6.07) is 0.215. The highest BCUT2D eigenvalue weighted by molar-refractivity contribution is 5.25. The minimum atomic E-state index is -2.89. The number of hydrogen-bond donors (Lipinski definition) is 1. The van der Waals surface area contributed by atoms with Crippen molar-refractivity contribution < 1.29 is 13.3 Å². The van der Waals surface area contributed by atoms with Gasteiger partial charge in [0.25, 0.3) is 0 Å². The molecule has 0 aliphatic heterocycles. The molecule has 0 bridgehead atoms. The van der Waals surface area contributed by atoms with Gasteiger partial charge < -0.3 is 5.11 Å². The molecule has 4 rings (SSSR count). The Kier molecular flexibility index (Phi) is 4.06. The van der Waals surface area contributed by atoms with E-state index >= 15 is 0 Å². The minimum Gasteiger partial charge on any atom is -0.393 e. The highest BCUT2D eigenvalue weighted by Gasteiger charge is 2.59. The van der Waals surface area contributed by atoms with Gasteiger partial charge in [-0.3, -0.25) is 0 Å². The number of rotatable bonds is 5. The average Bonchev–Trinajstić information content (AvgIpc) is 3.03. The summed E-state index contributed by atoms with van der Waals surface area (Å²) in [6.07, 6.45) is 0.782. The van der Waals surface area contributed by atoms with Crippen LogP contribution in [0.4, 0.5) is 0 Å². The molecule has 8 atom stereocenters. The maximum Gasteiger partial charge on any atom is 0.0604 e. The largest absolute Gasteiger partial charge is 0.393 e. The van der Waals surface area contributed by atoms with Crippen molar-refractivity contribution in [1.29, 1.82) is 0 Å². The van der Waals surface area contributed by atoms with Gasteiger partial charge in [-0.25, -0.2) is 0 Å². The maximum absolute atomic E-state index is 10.7. The van der Waals surface area contributed by atoms with E-state index in [0.717, 1.165) is 25.2 Å². The second-order valence-corrected chi connectivity index (χ2v) is 11.4. The van der Waals surface area contributed by atoms with Crippen molar-refractivity contribution in [3.8, 4) is 0 Å². The van der Waals surface area contributed by atoms with Gasteiger partial charge in [0.05, 0.1) is 8.82 Å². The van der Waals surface area contributed by atoms with Crippen LogP contribution in [0, 0.1) is 46.3 Å². The van der Waals surface area contributed by atoms with Gasteiger partial charge in [-0.15, -0.1) is 0 Å². The molecule has 0 amide bonds. The molecule has 0 aromatic heterocycles. The van der Waals surface area contributed by atoms with Crippen molar-refractivity contribution in [2.24, 2.45) is 46.3 Å². The molecule has 4 aliphatic carbocycles. The van der Waals surface area contributed by atoms with Gasteiger partial charge in [0.1, 0.15) is 0 Å². The molecule has 1 heteroatoms. The van der Waals surface area contributed by atoms with Crippen LogP contribution in [0.5, 0.6) is 0 Å². The second kappa shape index (κ2) is 7.75. The van der Waals surface area contributed by atoms with E-state index in [1.165, 1.54) is 25.7 Å². The summed E-state index contributed by atoms with van der Waals surface area (Å²) in [4.78, 5) is 0. The lowest BCUT2D eigenvalue weighted by molar-refractivity contribution is -0.0573. The van der Waals surface area contributed by atoms with Crippen LogP contribution in [0.3, 0.4) is 0 Å². The molecule has 160 valence electrons. The summed E-state index contributed by atoms with van der Waals surface area (Å²) < 4.78 is 51.4. The van der Waals surface area contributed by atoms with Crippen molar-refractivity contribution in [2.75, 3.05) is 0 Å². The van der Waals surface area contributed by atoms with Crippen LogP contribution in [0.2, 0.25) is 0 Å². The molecule has 3 fully saturated rings. The van der Waals surface area contributed by atoms with Crippen LogP contribution in [0.1, 0.15) is 113 Å². The lowest BCUT2D eigenvalue weighted by Gasteiger charge is -2.58. The average molecular weight is 393 g/mol. The molecule has 1 N–H and O–H groups in total. The van der Waals surface area contributed by atoms with Gasteiger partial charge in [0.2, 0.25) is 0 Å². The molecule has 0 aromatic rings. The third-order valence-corrected chi connectivity index (χ3v) is 9.41. The molecule has 28 heavy (non-hydrogen) atoms. The SMILES string of the molecule is [2H]C1=C2C([2H])([2H])[C@@]([2H])(O)C([2H])([2H])C[C@]2(C)[C@H]2CC[C@]3(C)[C@@H]([C@H](C)CCCC(C)C)CC[C@H]3[C@@H]2C1. The zero-order valence-electron chi connectivity index (χ0n) is 24.8. The molecule has 0 saturated heterocycles. The minimum absolute atomic E-state index is 0.0865. The Hall–Kier alpha value is -0.300. The van der Waals surface area contributed by atoms with Crippen LogP contribution < -0.4 is 0 Å². The first-order valence-electron chi connectivity index (χ1n) is 14.9. The Morgan fingerprint density at radius 1 is 1.18 bits per heavy atom.